The van der Waals surface area contributed by atoms with Crippen molar-refractivity contribution in [2.75, 3.05) is 43.1 Å². The molecule has 0 unspecified atom stereocenters. The molecule has 2 saturated heterocycles. The Morgan fingerprint density at radius 1 is 1.36 bits per heavy atom. The molecular weight excluding hydrogens is 318 g/mol. The van der Waals surface area contributed by atoms with Crippen molar-refractivity contribution in [1.29, 1.82) is 0 Å². The molecule has 6 nitrogen and oxygen atoms in total. The molecule has 0 radical (unpaired) electrons. The van der Waals surface area contributed by atoms with Crippen LogP contribution in [0.3, 0.4) is 0 Å². The van der Waals surface area contributed by atoms with Gasteiger partial charge in [-0.2, -0.15) is 0 Å². The summed E-state index contributed by atoms with van der Waals surface area (Å²) in [5.41, 5.74) is 2.47. The maximum Gasteiger partial charge on any atom is 0.300 e. The quantitative estimate of drug-likeness (QED) is 0.796. The summed E-state index contributed by atoms with van der Waals surface area (Å²) in [4.78, 5) is 25.7. The number of nitrogens with zero attached hydrogens (tertiary/aromatic N) is 1. The molecule has 1 aromatic carbocycles. The monoisotopic (exact) mass is 341 g/mol. The van der Waals surface area contributed by atoms with Gasteiger partial charge in [-0.15, -0.1) is 0 Å². The molecule has 2 fully saturated rings. The molecule has 3 rings (SSSR count). The Hall–Kier alpha value is -2.36. The van der Waals surface area contributed by atoms with E-state index in [1.807, 2.05) is 19.1 Å². The van der Waals surface area contributed by atoms with Crippen LogP contribution in [0.4, 0.5) is 11.4 Å². The number of carbonyl (C=O) groups is 2. The van der Waals surface area contributed by atoms with Gasteiger partial charge in [0.25, 0.3) is 11.8 Å². The molecule has 0 aromatic heterocycles. The minimum atomic E-state index is -0.298. The topological polar surface area (TPSA) is 70.7 Å². The van der Waals surface area contributed by atoms with Crippen LogP contribution in [0.25, 0.3) is 0 Å². The van der Waals surface area contributed by atoms with Crippen LogP contribution in [0.2, 0.25) is 0 Å². The van der Waals surface area contributed by atoms with Crippen molar-refractivity contribution >= 4 is 23.2 Å². The van der Waals surface area contributed by atoms with Crippen molar-refractivity contribution in [3.8, 4) is 11.8 Å². The Morgan fingerprint density at radius 3 is 2.88 bits per heavy atom. The molecule has 1 aromatic rings. The molecule has 0 bridgehead atoms. The largest absolute Gasteiger partial charge is 0.370 e. The summed E-state index contributed by atoms with van der Waals surface area (Å²) in [6, 6.07) is 5.52. The van der Waals surface area contributed by atoms with Crippen molar-refractivity contribution in [1.82, 2.24) is 5.32 Å². The van der Waals surface area contributed by atoms with Crippen molar-refractivity contribution in [3.05, 3.63) is 23.8 Å². The number of piperidine rings is 1. The molecule has 0 spiro atoms. The highest BCUT2D eigenvalue weighted by Crippen LogP contribution is 2.24. The standard InChI is InChI=1S/C19H23N3O3/c1-14-12-16(3-4-17(14)22-10-11-25-13-19(22)24)21-18(23)5-2-15-6-8-20-9-7-15/h3-4,12,15,20H,6-11,13H2,1H3,(H,21,23). The van der Waals surface area contributed by atoms with E-state index < -0.39 is 0 Å². The van der Waals surface area contributed by atoms with Crippen LogP contribution in [0, 0.1) is 24.7 Å². The average Bonchev–Trinajstić information content (AvgIpc) is 2.62. The second-order valence-corrected chi connectivity index (χ2v) is 6.35. The number of carbonyl (C=O) groups excluding carboxylic acids is 2. The van der Waals surface area contributed by atoms with Gasteiger partial charge in [0.2, 0.25) is 0 Å². The van der Waals surface area contributed by atoms with Crippen molar-refractivity contribution in [2.45, 2.75) is 19.8 Å². The summed E-state index contributed by atoms with van der Waals surface area (Å²) in [5.74, 6) is 5.71. The molecule has 2 aliphatic rings. The first kappa shape index (κ1) is 17.5. The number of benzene rings is 1. The molecule has 0 atom stereocenters. The fourth-order valence-corrected chi connectivity index (χ4v) is 3.11. The first-order valence-electron chi connectivity index (χ1n) is 8.65. The lowest BCUT2D eigenvalue weighted by Crippen LogP contribution is -2.42. The van der Waals surface area contributed by atoms with Gasteiger partial charge < -0.3 is 20.3 Å². The van der Waals surface area contributed by atoms with Crippen LogP contribution in [0.15, 0.2) is 18.2 Å². The summed E-state index contributed by atoms with van der Waals surface area (Å²) in [7, 11) is 0. The Morgan fingerprint density at radius 2 is 2.16 bits per heavy atom. The van der Waals surface area contributed by atoms with Gasteiger partial charge >= 0.3 is 0 Å². The lowest BCUT2D eigenvalue weighted by molar-refractivity contribution is -0.125. The number of hydrogen-bond donors (Lipinski definition) is 2. The summed E-state index contributed by atoms with van der Waals surface area (Å²) < 4.78 is 5.16. The van der Waals surface area contributed by atoms with Gasteiger partial charge in [-0.05, 0) is 62.5 Å². The van der Waals surface area contributed by atoms with Gasteiger partial charge in [-0.25, -0.2) is 0 Å². The summed E-state index contributed by atoms with van der Waals surface area (Å²) in [6.45, 7) is 5.05. The van der Waals surface area contributed by atoms with Gasteiger partial charge in [-0.1, -0.05) is 5.92 Å². The second-order valence-electron chi connectivity index (χ2n) is 6.35. The number of hydrogen-bond acceptors (Lipinski definition) is 4. The van der Waals surface area contributed by atoms with Crippen molar-refractivity contribution < 1.29 is 14.3 Å². The number of amides is 2. The third kappa shape index (κ3) is 4.59. The van der Waals surface area contributed by atoms with Crippen molar-refractivity contribution in [2.24, 2.45) is 5.92 Å². The lowest BCUT2D eigenvalue weighted by atomic mass is 9.99. The van der Waals surface area contributed by atoms with Crippen LogP contribution in [-0.2, 0) is 14.3 Å². The lowest BCUT2D eigenvalue weighted by Gasteiger charge is -2.28. The molecule has 2 N–H and O–H groups in total. The normalized spacial score (nSPS) is 18.4. The molecule has 0 saturated carbocycles. The van der Waals surface area contributed by atoms with E-state index >= 15 is 0 Å². The Balaban J connectivity index is 1.63. The van der Waals surface area contributed by atoms with E-state index in [0.29, 0.717) is 24.8 Å². The Labute approximate surface area is 147 Å². The zero-order chi connectivity index (χ0) is 17.6. The molecule has 25 heavy (non-hydrogen) atoms. The van der Waals surface area contributed by atoms with E-state index in [-0.39, 0.29) is 18.4 Å². The SMILES string of the molecule is Cc1cc(NC(=O)C#CC2CCNCC2)ccc1N1CCOCC1=O. The van der Waals surface area contributed by atoms with E-state index in [1.165, 1.54) is 0 Å². The van der Waals surface area contributed by atoms with E-state index in [1.54, 1.807) is 11.0 Å². The molecule has 0 aliphatic carbocycles. The number of morpholine rings is 1. The van der Waals surface area contributed by atoms with Gasteiger partial charge in [0, 0.05) is 23.8 Å². The van der Waals surface area contributed by atoms with Crippen LogP contribution in [0.1, 0.15) is 18.4 Å². The number of nitrogens with one attached hydrogen (secondary N) is 2. The van der Waals surface area contributed by atoms with Gasteiger partial charge in [0.15, 0.2) is 0 Å². The highest BCUT2D eigenvalue weighted by atomic mass is 16.5. The third-order valence-corrected chi connectivity index (χ3v) is 4.46. The maximum atomic E-state index is 12.0. The molecule has 2 amide bonds. The molecular formula is C19H23N3O3. The fourth-order valence-electron chi connectivity index (χ4n) is 3.11. The first-order chi connectivity index (χ1) is 12.1. The van der Waals surface area contributed by atoms with E-state index in [9.17, 15) is 9.59 Å². The average molecular weight is 341 g/mol. The zero-order valence-corrected chi connectivity index (χ0v) is 14.4. The van der Waals surface area contributed by atoms with Crippen LogP contribution >= 0.6 is 0 Å². The van der Waals surface area contributed by atoms with Crippen LogP contribution in [0.5, 0.6) is 0 Å². The Kier molecular flexibility index (Phi) is 5.69. The van der Waals surface area contributed by atoms with Gasteiger partial charge in [-0.3, -0.25) is 9.59 Å². The van der Waals surface area contributed by atoms with E-state index in [4.69, 9.17) is 4.74 Å². The fraction of sp³-hybridized carbons (Fsp3) is 0.474. The van der Waals surface area contributed by atoms with E-state index in [0.717, 1.165) is 37.2 Å². The summed E-state index contributed by atoms with van der Waals surface area (Å²) in [6.07, 6.45) is 1.98. The predicted octanol–water partition coefficient (Wildman–Crippen LogP) is 1.30. The first-order valence-corrected chi connectivity index (χ1v) is 8.65. The van der Waals surface area contributed by atoms with Gasteiger partial charge in [0.1, 0.15) is 6.61 Å². The summed E-state index contributed by atoms with van der Waals surface area (Å²) >= 11 is 0. The van der Waals surface area contributed by atoms with Crippen LogP contribution < -0.4 is 15.5 Å². The highest BCUT2D eigenvalue weighted by Gasteiger charge is 2.21. The number of anilines is 2. The smallest absolute Gasteiger partial charge is 0.300 e. The molecule has 2 heterocycles. The molecule has 6 heteroatoms. The zero-order valence-electron chi connectivity index (χ0n) is 14.4. The Bertz CT molecular complexity index is 714. The minimum Gasteiger partial charge on any atom is -0.370 e. The van der Waals surface area contributed by atoms with E-state index in [2.05, 4.69) is 22.5 Å². The minimum absolute atomic E-state index is 0.0426. The number of ether oxygens (including phenoxy) is 1. The highest BCUT2D eigenvalue weighted by molar-refractivity contribution is 6.04. The van der Waals surface area contributed by atoms with Crippen molar-refractivity contribution in [3.63, 3.8) is 0 Å². The van der Waals surface area contributed by atoms with Crippen LogP contribution in [-0.4, -0.2) is 44.7 Å². The number of aryl methyl sites for hydroxylation is 1. The predicted molar refractivity (Wildman–Crippen MR) is 96.4 cm³/mol. The van der Waals surface area contributed by atoms with Gasteiger partial charge in [0.05, 0.1) is 6.61 Å². The summed E-state index contributed by atoms with van der Waals surface area (Å²) in [5, 5.41) is 6.09. The third-order valence-electron chi connectivity index (χ3n) is 4.46. The molecule has 2 aliphatic heterocycles. The molecule has 132 valence electrons. The number of rotatable bonds is 2. The second kappa shape index (κ2) is 8.15. The maximum absolute atomic E-state index is 12.0.